The number of hydroxylamine groups is 2. The molecular weight excluding hydrogens is 200 g/mol. The first-order valence-electron chi connectivity index (χ1n) is 4.64. The lowest BCUT2D eigenvalue weighted by molar-refractivity contribution is -0.190. The van der Waals surface area contributed by atoms with Crippen molar-refractivity contribution >= 4 is 11.9 Å². The largest absolute Gasteiger partial charge is 0.478 e. The molecule has 0 aromatic heterocycles. The standard InChI is InChI=1S/C9H14N2O4/c1-10-4-6-11(7-5-10)15-9(14)3-2-8(12)13/h2-3H,4-7H2,1H3,(H,12,13)/b3-2-. The van der Waals surface area contributed by atoms with Gasteiger partial charge >= 0.3 is 11.9 Å². The predicted octanol–water partition coefficient (Wildman–Crippen LogP) is -0.667. The number of carbonyl (C=O) groups is 2. The van der Waals surface area contributed by atoms with Gasteiger partial charge in [-0.05, 0) is 7.05 Å². The van der Waals surface area contributed by atoms with Crippen LogP contribution < -0.4 is 0 Å². The van der Waals surface area contributed by atoms with E-state index >= 15 is 0 Å². The van der Waals surface area contributed by atoms with Gasteiger partial charge in [0.15, 0.2) is 0 Å². The Balaban J connectivity index is 2.29. The first kappa shape index (κ1) is 11.7. The summed E-state index contributed by atoms with van der Waals surface area (Å²) in [7, 11) is 1.99. The molecule has 0 aromatic carbocycles. The number of likely N-dealkylation sites (N-methyl/N-ethyl adjacent to an activating group) is 1. The molecule has 1 saturated heterocycles. The van der Waals surface area contributed by atoms with E-state index in [1.54, 1.807) is 0 Å². The van der Waals surface area contributed by atoms with Crippen LogP contribution in [-0.2, 0) is 14.4 Å². The molecule has 0 atom stereocenters. The number of carbonyl (C=O) groups excluding carboxylic acids is 1. The first-order chi connectivity index (χ1) is 7.08. The van der Waals surface area contributed by atoms with E-state index in [4.69, 9.17) is 9.94 Å². The highest BCUT2D eigenvalue weighted by Crippen LogP contribution is 2.00. The van der Waals surface area contributed by atoms with E-state index in [9.17, 15) is 9.59 Å². The Kier molecular flexibility index (Phi) is 4.26. The average Bonchev–Trinajstić information content (AvgIpc) is 2.19. The molecule has 0 aliphatic carbocycles. The van der Waals surface area contributed by atoms with Crippen LogP contribution >= 0.6 is 0 Å². The third-order valence-corrected chi connectivity index (χ3v) is 2.04. The van der Waals surface area contributed by atoms with Crippen LogP contribution in [-0.4, -0.2) is 60.2 Å². The number of hydrogen-bond acceptors (Lipinski definition) is 5. The molecule has 1 aliphatic heterocycles. The Morgan fingerprint density at radius 3 is 2.33 bits per heavy atom. The summed E-state index contributed by atoms with van der Waals surface area (Å²) in [6.07, 6.45) is 1.67. The molecule has 0 radical (unpaired) electrons. The smallest absolute Gasteiger partial charge is 0.349 e. The van der Waals surface area contributed by atoms with Crippen LogP contribution in [0.15, 0.2) is 12.2 Å². The minimum Gasteiger partial charge on any atom is -0.478 e. The van der Waals surface area contributed by atoms with Crippen molar-refractivity contribution in [3.05, 3.63) is 12.2 Å². The molecule has 1 heterocycles. The molecule has 0 bridgehead atoms. The molecule has 1 rings (SSSR count). The zero-order chi connectivity index (χ0) is 11.3. The van der Waals surface area contributed by atoms with Gasteiger partial charge in [-0.25, -0.2) is 9.59 Å². The molecule has 15 heavy (non-hydrogen) atoms. The first-order valence-corrected chi connectivity index (χ1v) is 4.64. The minimum atomic E-state index is -1.16. The summed E-state index contributed by atoms with van der Waals surface area (Å²) in [6.45, 7) is 2.94. The van der Waals surface area contributed by atoms with Crippen LogP contribution in [0, 0.1) is 0 Å². The number of hydrogen-bond donors (Lipinski definition) is 1. The fourth-order valence-electron chi connectivity index (χ4n) is 1.18. The van der Waals surface area contributed by atoms with Gasteiger partial charge in [0.25, 0.3) is 0 Å². The summed E-state index contributed by atoms with van der Waals surface area (Å²) < 4.78 is 0. The molecule has 84 valence electrons. The van der Waals surface area contributed by atoms with E-state index in [1.165, 1.54) is 5.06 Å². The second-order valence-electron chi connectivity index (χ2n) is 3.31. The Morgan fingerprint density at radius 2 is 1.80 bits per heavy atom. The highest BCUT2D eigenvalue weighted by molar-refractivity contribution is 5.90. The van der Waals surface area contributed by atoms with Crippen LogP contribution in [0.3, 0.4) is 0 Å². The quantitative estimate of drug-likeness (QED) is 0.628. The number of rotatable bonds is 3. The summed E-state index contributed by atoms with van der Waals surface area (Å²) in [6, 6.07) is 0. The average molecular weight is 214 g/mol. The Morgan fingerprint density at radius 1 is 1.20 bits per heavy atom. The second-order valence-corrected chi connectivity index (χ2v) is 3.31. The molecule has 0 saturated carbocycles. The van der Waals surface area contributed by atoms with Gasteiger partial charge in [-0.3, -0.25) is 0 Å². The highest BCUT2D eigenvalue weighted by Gasteiger charge is 2.16. The van der Waals surface area contributed by atoms with Crippen LogP contribution in [0.1, 0.15) is 0 Å². The van der Waals surface area contributed by atoms with E-state index in [0.29, 0.717) is 13.1 Å². The number of piperazine rings is 1. The summed E-state index contributed by atoms with van der Waals surface area (Å²) in [4.78, 5) is 28.2. The van der Waals surface area contributed by atoms with Crippen molar-refractivity contribution in [3.8, 4) is 0 Å². The summed E-state index contributed by atoms with van der Waals surface area (Å²) in [5.41, 5.74) is 0. The van der Waals surface area contributed by atoms with Gasteiger partial charge in [0.05, 0.1) is 0 Å². The maximum absolute atomic E-state index is 11.1. The zero-order valence-corrected chi connectivity index (χ0v) is 8.55. The highest BCUT2D eigenvalue weighted by atomic mass is 16.7. The van der Waals surface area contributed by atoms with Crippen molar-refractivity contribution in [1.29, 1.82) is 0 Å². The number of nitrogens with zero attached hydrogens (tertiary/aromatic N) is 2. The van der Waals surface area contributed by atoms with Gasteiger partial charge in [-0.2, -0.15) is 0 Å². The van der Waals surface area contributed by atoms with Crippen LogP contribution in [0.2, 0.25) is 0 Å². The normalized spacial score (nSPS) is 19.3. The van der Waals surface area contributed by atoms with Crippen molar-refractivity contribution in [3.63, 3.8) is 0 Å². The van der Waals surface area contributed by atoms with Crippen molar-refractivity contribution in [2.24, 2.45) is 0 Å². The fraction of sp³-hybridized carbons (Fsp3) is 0.556. The van der Waals surface area contributed by atoms with E-state index in [-0.39, 0.29) is 0 Å². The van der Waals surface area contributed by atoms with Crippen molar-refractivity contribution < 1.29 is 19.5 Å². The van der Waals surface area contributed by atoms with Gasteiger partial charge in [0, 0.05) is 38.3 Å². The van der Waals surface area contributed by atoms with Crippen molar-refractivity contribution in [2.45, 2.75) is 0 Å². The fourth-order valence-corrected chi connectivity index (χ4v) is 1.18. The molecule has 0 unspecified atom stereocenters. The maximum Gasteiger partial charge on any atom is 0.349 e. The Labute approximate surface area is 87.7 Å². The van der Waals surface area contributed by atoms with Gasteiger partial charge < -0.3 is 14.8 Å². The van der Waals surface area contributed by atoms with Gasteiger partial charge in [-0.1, -0.05) is 0 Å². The third kappa shape index (κ3) is 4.57. The number of carboxylic acid groups (broad SMARTS) is 1. The third-order valence-electron chi connectivity index (χ3n) is 2.04. The minimum absolute atomic E-state index is 0.642. The van der Waals surface area contributed by atoms with E-state index in [2.05, 4.69) is 4.90 Å². The Hall–Kier alpha value is -1.40. The Bertz CT molecular complexity index is 269. The molecule has 6 heteroatoms. The predicted molar refractivity (Wildman–Crippen MR) is 51.9 cm³/mol. The second kappa shape index (κ2) is 5.47. The monoisotopic (exact) mass is 214 g/mol. The number of carboxylic acids is 1. The van der Waals surface area contributed by atoms with Crippen LogP contribution in [0.5, 0.6) is 0 Å². The summed E-state index contributed by atoms with van der Waals surface area (Å²) in [5, 5.41) is 9.82. The zero-order valence-electron chi connectivity index (χ0n) is 8.55. The van der Waals surface area contributed by atoms with Gasteiger partial charge in [0.1, 0.15) is 0 Å². The van der Waals surface area contributed by atoms with Crippen LogP contribution in [0.25, 0.3) is 0 Å². The van der Waals surface area contributed by atoms with Gasteiger partial charge in [-0.15, -0.1) is 5.06 Å². The molecule has 0 spiro atoms. The molecule has 0 aromatic rings. The number of aliphatic carboxylic acids is 1. The van der Waals surface area contributed by atoms with E-state index in [0.717, 1.165) is 25.2 Å². The van der Waals surface area contributed by atoms with Crippen molar-refractivity contribution in [1.82, 2.24) is 9.96 Å². The van der Waals surface area contributed by atoms with E-state index in [1.807, 2.05) is 7.05 Å². The SMILES string of the molecule is CN1CCN(OC(=O)/C=C\C(=O)O)CC1. The molecule has 1 fully saturated rings. The summed E-state index contributed by atoms with van der Waals surface area (Å²) >= 11 is 0. The lowest BCUT2D eigenvalue weighted by atomic mass is 10.4. The molecule has 1 N–H and O–H groups in total. The lowest BCUT2D eigenvalue weighted by Gasteiger charge is -2.30. The lowest BCUT2D eigenvalue weighted by Crippen LogP contribution is -2.44. The molecule has 0 amide bonds. The molecular formula is C9H14N2O4. The summed E-state index contributed by atoms with van der Waals surface area (Å²) in [5.74, 6) is -1.81. The van der Waals surface area contributed by atoms with E-state index < -0.39 is 11.9 Å². The topological polar surface area (TPSA) is 70.1 Å². The molecule has 6 nitrogen and oxygen atoms in total. The van der Waals surface area contributed by atoms with Crippen LogP contribution in [0.4, 0.5) is 0 Å². The van der Waals surface area contributed by atoms with Crippen molar-refractivity contribution in [2.75, 3.05) is 33.2 Å². The maximum atomic E-state index is 11.1. The van der Waals surface area contributed by atoms with Gasteiger partial charge in [0.2, 0.25) is 0 Å². The molecule has 1 aliphatic rings.